The Morgan fingerprint density at radius 1 is 1.06 bits per heavy atom. The van der Waals surface area contributed by atoms with E-state index in [2.05, 4.69) is 5.92 Å². The molecule has 0 radical (unpaired) electrons. The van der Waals surface area contributed by atoms with Gasteiger partial charge in [-0.3, -0.25) is 10.1 Å². The van der Waals surface area contributed by atoms with Crippen LogP contribution in [-0.2, 0) is 0 Å². The molecule has 0 heterocycles. The number of rotatable bonds is 2. The van der Waals surface area contributed by atoms with Crippen molar-refractivity contribution in [2.24, 2.45) is 0 Å². The highest BCUT2D eigenvalue weighted by Crippen LogP contribution is 2.29. The van der Waals surface area contributed by atoms with Crippen molar-refractivity contribution in [2.45, 2.75) is 0 Å². The standard InChI is InChI=1S/C14H9NO2/c1-2-11-7-9-12(10-8-11)13-5-3-4-6-14(13)15(16)17/h1,3-10H. The molecule has 82 valence electrons. The van der Waals surface area contributed by atoms with E-state index in [1.54, 1.807) is 42.5 Å². The summed E-state index contributed by atoms with van der Waals surface area (Å²) in [6.07, 6.45) is 5.26. The topological polar surface area (TPSA) is 43.1 Å². The molecule has 3 heteroatoms. The molecule has 0 aliphatic carbocycles. The second-order valence-electron chi connectivity index (χ2n) is 3.50. The van der Waals surface area contributed by atoms with E-state index >= 15 is 0 Å². The van der Waals surface area contributed by atoms with Crippen molar-refractivity contribution in [3.05, 3.63) is 64.2 Å². The molecule has 0 saturated heterocycles. The van der Waals surface area contributed by atoms with E-state index in [1.807, 2.05) is 0 Å². The minimum atomic E-state index is -0.384. The minimum Gasteiger partial charge on any atom is -0.258 e. The molecule has 0 aromatic heterocycles. The van der Waals surface area contributed by atoms with Gasteiger partial charge in [-0.25, -0.2) is 0 Å². The Balaban J connectivity index is 2.53. The first kappa shape index (κ1) is 10.9. The predicted molar refractivity (Wildman–Crippen MR) is 66.5 cm³/mol. The summed E-state index contributed by atoms with van der Waals surface area (Å²) in [4.78, 5) is 10.5. The molecule has 2 aromatic carbocycles. The van der Waals surface area contributed by atoms with Crippen LogP contribution in [0.1, 0.15) is 5.56 Å². The SMILES string of the molecule is C#Cc1ccc(-c2ccccc2[N+](=O)[O-])cc1. The molecule has 0 aliphatic heterocycles. The molecule has 0 saturated carbocycles. The van der Waals surface area contributed by atoms with E-state index in [4.69, 9.17) is 6.42 Å². The van der Waals surface area contributed by atoms with Crippen molar-refractivity contribution in [2.75, 3.05) is 0 Å². The first-order chi connectivity index (χ1) is 8.22. The number of benzene rings is 2. The van der Waals surface area contributed by atoms with E-state index in [0.29, 0.717) is 5.56 Å². The summed E-state index contributed by atoms with van der Waals surface area (Å²) in [5.41, 5.74) is 2.24. The molecule has 0 unspecified atom stereocenters. The van der Waals surface area contributed by atoms with E-state index < -0.39 is 0 Å². The lowest BCUT2D eigenvalue weighted by Gasteiger charge is -2.02. The maximum absolute atomic E-state index is 10.9. The van der Waals surface area contributed by atoms with Gasteiger partial charge >= 0.3 is 0 Å². The van der Waals surface area contributed by atoms with E-state index in [9.17, 15) is 10.1 Å². The van der Waals surface area contributed by atoms with Gasteiger partial charge in [-0.2, -0.15) is 0 Å². The highest BCUT2D eigenvalue weighted by atomic mass is 16.6. The monoisotopic (exact) mass is 223 g/mol. The van der Waals surface area contributed by atoms with Crippen LogP contribution in [0.5, 0.6) is 0 Å². The number of nitro groups is 1. The molecular formula is C14H9NO2. The number of terminal acetylenes is 1. The third kappa shape index (κ3) is 2.16. The Bertz CT molecular complexity index is 594. The van der Waals surface area contributed by atoms with Crippen LogP contribution in [-0.4, -0.2) is 4.92 Å². The lowest BCUT2D eigenvalue weighted by atomic mass is 10.0. The van der Waals surface area contributed by atoms with Gasteiger partial charge in [-0.05, 0) is 23.8 Å². The van der Waals surface area contributed by atoms with Crippen molar-refractivity contribution in [1.29, 1.82) is 0 Å². The van der Waals surface area contributed by atoms with E-state index in [0.717, 1.165) is 11.1 Å². The van der Waals surface area contributed by atoms with Gasteiger partial charge in [0.1, 0.15) is 0 Å². The maximum Gasteiger partial charge on any atom is 0.277 e. The lowest BCUT2D eigenvalue weighted by molar-refractivity contribution is -0.384. The number of hydrogen-bond donors (Lipinski definition) is 0. The van der Waals surface area contributed by atoms with Crippen molar-refractivity contribution >= 4 is 5.69 Å². The van der Waals surface area contributed by atoms with Crippen molar-refractivity contribution < 1.29 is 4.92 Å². The van der Waals surface area contributed by atoms with Gasteiger partial charge in [0.2, 0.25) is 0 Å². The van der Waals surface area contributed by atoms with Gasteiger partial charge in [-0.15, -0.1) is 6.42 Å². The molecule has 2 rings (SSSR count). The zero-order valence-electron chi connectivity index (χ0n) is 8.96. The van der Waals surface area contributed by atoms with Crippen LogP contribution in [0.2, 0.25) is 0 Å². The highest BCUT2D eigenvalue weighted by Gasteiger charge is 2.13. The average Bonchev–Trinajstić information content (AvgIpc) is 2.39. The Morgan fingerprint density at radius 2 is 1.71 bits per heavy atom. The first-order valence-electron chi connectivity index (χ1n) is 5.03. The van der Waals surface area contributed by atoms with Crippen molar-refractivity contribution in [3.63, 3.8) is 0 Å². The van der Waals surface area contributed by atoms with Gasteiger partial charge in [0, 0.05) is 11.6 Å². The molecule has 0 atom stereocenters. The van der Waals surface area contributed by atoms with Gasteiger partial charge in [0.05, 0.1) is 10.5 Å². The summed E-state index contributed by atoms with van der Waals surface area (Å²) in [5.74, 6) is 2.51. The third-order valence-electron chi connectivity index (χ3n) is 2.46. The van der Waals surface area contributed by atoms with E-state index in [1.165, 1.54) is 6.07 Å². The van der Waals surface area contributed by atoms with Crippen LogP contribution in [0.4, 0.5) is 5.69 Å². The smallest absolute Gasteiger partial charge is 0.258 e. The average molecular weight is 223 g/mol. The number of hydrogen-bond acceptors (Lipinski definition) is 2. The van der Waals surface area contributed by atoms with Crippen LogP contribution < -0.4 is 0 Å². The number of nitrogens with zero attached hydrogens (tertiary/aromatic N) is 1. The molecule has 0 N–H and O–H groups in total. The minimum absolute atomic E-state index is 0.0981. The molecule has 0 bridgehead atoms. The summed E-state index contributed by atoms with van der Waals surface area (Å²) in [5, 5.41) is 10.9. The Labute approximate surface area is 98.9 Å². The third-order valence-corrected chi connectivity index (χ3v) is 2.46. The summed E-state index contributed by atoms with van der Waals surface area (Å²) in [7, 11) is 0. The molecule has 0 spiro atoms. The van der Waals surface area contributed by atoms with Crippen LogP contribution >= 0.6 is 0 Å². The zero-order chi connectivity index (χ0) is 12.3. The second kappa shape index (κ2) is 4.50. The fourth-order valence-corrected chi connectivity index (χ4v) is 1.62. The molecule has 3 nitrogen and oxygen atoms in total. The second-order valence-corrected chi connectivity index (χ2v) is 3.50. The van der Waals surface area contributed by atoms with Crippen molar-refractivity contribution in [1.82, 2.24) is 0 Å². The maximum atomic E-state index is 10.9. The molecule has 2 aromatic rings. The molecular weight excluding hydrogens is 214 g/mol. The Kier molecular flexibility index (Phi) is 2.89. The first-order valence-corrected chi connectivity index (χ1v) is 5.03. The molecule has 0 aliphatic rings. The Hall–Kier alpha value is -2.60. The van der Waals surface area contributed by atoms with E-state index in [-0.39, 0.29) is 10.6 Å². The number of nitro benzene ring substituents is 1. The predicted octanol–water partition coefficient (Wildman–Crippen LogP) is 3.24. The van der Waals surface area contributed by atoms with Crippen molar-refractivity contribution in [3.8, 4) is 23.5 Å². The van der Waals surface area contributed by atoms with Crippen LogP contribution in [0, 0.1) is 22.5 Å². The Morgan fingerprint density at radius 3 is 2.29 bits per heavy atom. The molecule has 17 heavy (non-hydrogen) atoms. The zero-order valence-corrected chi connectivity index (χ0v) is 8.96. The van der Waals surface area contributed by atoms with Crippen LogP contribution in [0.25, 0.3) is 11.1 Å². The van der Waals surface area contributed by atoms with Crippen LogP contribution in [0.3, 0.4) is 0 Å². The lowest BCUT2D eigenvalue weighted by Crippen LogP contribution is -1.91. The molecule has 0 fully saturated rings. The van der Waals surface area contributed by atoms with Crippen LogP contribution in [0.15, 0.2) is 48.5 Å². The molecule has 0 amide bonds. The quantitative estimate of drug-likeness (QED) is 0.445. The highest BCUT2D eigenvalue weighted by molar-refractivity contribution is 5.73. The van der Waals surface area contributed by atoms with Gasteiger partial charge in [-0.1, -0.05) is 30.2 Å². The van der Waals surface area contributed by atoms with Gasteiger partial charge in [0.15, 0.2) is 0 Å². The normalized spacial score (nSPS) is 9.59. The largest absolute Gasteiger partial charge is 0.277 e. The fourth-order valence-electron chi connectivity index (χ4n) is 1.62. The summed E-state index contributed by atoms with van der Waals surface area (Å²) in [6, 6.07) is 13.8. The summed E-state index contributed by atoms with van der Waals surface area (Å²) in [6.45, 7) is 0. The summed E-state index contributed by atoms with van der Waals surface area (Å²) < 4.78 is 0. The number of para-hydroxylation sites is 1. The summed E-state index contributed by atoms with van der Waals surface area (Å²) >= 11 is 0. The fraction of sp³-hybridized carbons (Fsp3) is 0. The van der Waals surface area contributed by atoms with Gasteiger partial charge in [0.25, 0.3) is 5.69 Å². The van der Waals surface area contributed by atoms with Gasteiger partial charge < -0.3 is 0 Å².